The number of aryl methyl sites for hydroxylation is 1. The van der Waals surface area contributed by atoms with Crippen LogP contribution in [0.5, 0.6) is 0 Å². The molecule has 2 aliphatic rings. The van der Waals surface area contributed by atoms with Crippen molar-refractivity contribution in [3.05, 3.63) is 10.6 Å². The van der Waals surface area contributed by atoms with Crippen LogP contribution in [0.3, 0.4) is 0 Å². The van der Waals surface area contributed by atoms with Crippen molar-refractivity contribution in [1.29, 1.82) is 0 Å². The molecule has 0 N–H and O–H groups in total. The number of hydrogen-bond donors (Lipinski definition) is 0. The van der Waals surface area contributed by atoms with Crippen LogP contribution in [-0.4, -0.2) is 23.9 Å². The van der Waals surface area contributed by atoms with Crippen LogP contribution < -0.4 is 4.90 Å². The Bertz CT molecular complexity index is 451. The summed E-state index contributed by atoms with van der Waals surface area (Å²) in [5, 5.41) is 1.07. The van der Waals surface area contributed by atoms with Gasteiger partial charge < -0.3 is 4.90 Å². The van der Waals surface area contributed by atoms with Crippen LogP contribution in [0.25, 0.3) is 0 Å². The van der Waals surface area contributed by atoms with E-state index in [-0.39, 0.29) is 0 Å². The van der Waals surface area contributed by atoms with Gasteiger partial charge in [0.2, 0.25) is 0 Å². The number of carbonyl (C=O) groups is 1. The topological polar surface area (TPSA) is 33.2 Å². The number of nitrogens with zero attached hydrogens (tertiary/aromatic N) is 2. The molecule has 18 heavy (non-hydrogen) atoms. The molecule has 1 fully saturated rings. The minimum Gasteiger partial charge on any atom is -0.348 e. The van der Waals surface area contributed by atoms with Gasteiger partial charge in [0.05, 0.1) is 10.6 Å². The van der Waals surface area contributed by atoms with Crippen molar-refractivity contribution >= 4 is 22.3 Å². The summed E-state index contributed by atoms with van der Waals surface area (Å²) in [4.78, 5) is 19.9. The highest BCUT2D eigenvalue weighted by molar-refractivity contribution is 7.17. The molecule has 1 saturated carbocycles. The zero-order chi connectivity index (χ0) is 12.5. The van der Waals surface area contributed by atoms with Gasteiger partial charge in [-0.1, -0.05) is 17.8 Å². The second-order valence-corrected chi connectivity index (χ2v) is 6.36. The summed E-state index contributed by atoms with van der Waals surface area (Å²) >= 11 is 1.62. The summed E-state index contributed by atoms with van der Waals surface area (Å²) in [7, 11) is 0. The van der Waals surface area contributed by atoms with Gasteiger partial charge in [-0.3, -0.25) is 4.79 Å². The maximum absolute atomic E-state index is 11.9. The van der Waals surface area contributed by atoms with E-state index in [9.17, 15) is 4.79 Å². The lowest BCUT2D eigenvalue weighted by Gasteiger charge is -2.31. The molecule has 3 nitrogen and oxygen atoms in total. The average Bonchev–Trinajstić information content (AvgIpc) is 2.73. The Kier molecular flexibility index (Phi) is 3.37. The minimum atomic E-state index is 0.305. The smallest absolute Gasteiger partial charge is 0.186 e. The van der Waals surface area contributed by atoms with Crippen LogP contribution in [0.2, 0.25) is 0 Å². The number of carbonyl (C=O) groups excluding carboxylic acids is 1. The van der Waals surface area contributed by atoms with E-state index in [0.717, 1.165) is 47.6 Å². The number of fused-ring (bicyclic) bond motifs is 1. The molecular weight excluding hydrogens is 244 g/mol. The predicted molar refractivity (Wildman–Crippen MR) is 74.6 cm³/mol. The zero-order valence-corrected chi connectivity index (χ0v) is 11.8. The normalized spacial score (nSPS) is 19.5. The van der Waals surface area contributed by atoms with Crippen molar-refractivity contribution in [2.24, 2.45) is 5.92 Å². The van der Waals surface area contributed by atoms with E-state index in [1.54, 1.807) is 11.3 Å². The minimum absolute atomic E-state index is 0.305. The molecule has 1 aromatic rings. The van der Waals surface area contributed by atoms with Gasteiger partial charge in [-0.05, 0) is 38.5 Å². The molecule has 1 aromatic heterocycles. The number of anilines is 1. The first kappa shape index (κ1) is 12.2. The summed E-state index contributed by atoms with van der Waals surface area (Å²) in [5.41, 5.74) is 1.05. The summed E-state index contributed by atoms with van der Waals surface area (Å²) < 4.78 is 0. The largest absolute Gasteiger partial charge is 0.348 e. The van der Waals surface area contributed by atoms with E-state index in [1.165, 1.54) is 19.3 Å². The Balaban J connectivity index is 1.79. The second kappa shape index (κ2) is 5.00. The fourth-order valence-electron chi connectivity index (χ4n) is 2.72. The number of Topliss-reactive ketones (excluding diaryl/α,β-unsaturated/α-hetero) is 1. The number of ketones is 1. The van der Waals surface area contributed by atoms with E-state index in [2.05, 4.69) is 11.8 Å². The third-order valence-corrected chi connectivity index (χ3v) is 5.31. The molecule has 4 heteroatoms. The van der Waals surface area contributed by atoms with Crippen LogP contribution in [0.1, 0.15) is 54.4 Å². The van der Waals surface area contributed by atoms with Crippen LogP contribution in [0.4, 0.5) is 5.13 Å². The van der Waals surface area contributed by atoms with Gasteiger partial charge in [0.1, 0.15) is 0 Å². The maximum Gasteiger partial charge on any atom is 0.186 e. The van der Waals surface area contributed by atoms with Crippen molar-refractivity contribution < 1.29 is 4.79 Å². The van der Waals surface area contributed by atoms with Gasteiger partial charge >= 0.3 is 0 Å². The lowest BCUT2D eigenvalue weighted by atomic mass is 9.85. The van der Waals surface area contributed by atoms with Crippen LogP contribution in [0, 0.1) is 5.92 Å². The highest BCUT2D eigenvalue weighted by Gasteiger charge is 2.26. The third-order valence-electron chi connectivity index (χ3n) is 4.11. The molecule has 3 rings (SSSR count). The van der Waals surface area contributed by atoms with E-state index in [0.29, 0.717) is 12.2 Å². The van der Waals surface area contributed by atoms with Crippen LogP contribution in [-0.2, 0) is 6.42 Å². The van der Waals surface area contributed by atoms with Gasteiger partial charge in [-0.2, -0.15) is 0 Å². The van der Waals surface area contributed by atoms with Gasteiger partial charge in [-0.15, -0.1) is 0 Å². The standard InChI is InChI=1S/C14H20N2OS/c1-2-16(9-10-5-3-6-10)14-15-11-7-4-8-12(17)13(11)18-14/h10H,2-9H2,1H3. The first-order valence-corrected chi connectivity index (χ1v) is 7.87. The lowest BCUT2D eigenvalue weighted by Crippen LogP contribution is -2.32. The molecule has 0 bridgehead atoms. The SMILES string of the molecule is CCN(CC1CCC1)c1nc2c(s1)C(=O)CCC2. The average molecular weight is 264 g/mol. The molecule has 0 atom stereocenters. The maximum atomic E-state index is 11.9. The summed E-state index contributed by atoms with van der Waals surface area (Å²) in [6.07, 6.45) is 6.78. The highest BCUT2D eigenvalue weighted by atomic mass is 32.1. The van der Waals surface area contributed by atoms with E-state index < -0.39 is 0 Å². The number of aromatic nitrogens is 1. The Labute approximate surface area is 112 Å². The molecule has 0 radical (unpaired) electrons. The van der Waals surface area contributed by atoms with Gasteiger partial charge in [0, 0.05) is 19.5 Å². The molecule has 0 amide bonds. The van der Waals surface area contributed by atoms with Crippen molar-refractivity contribution in [1.82, 2.24) is 4.98 Å². The van der Waals surface area contributed by atoms with E-state index in [4.69, 9.17) is 4.98 Å². The van der Waals surface area contributed by atoms with Gasteiger partial charge in [0.15, 0.2) is 10.9 Å². The van der Waals surface area contributed by atoms with E-state index in [1.807, 2.05) is 0 Å². The zero-order valence-electron chi connectivity index (χ0n) is 10.9. The Hall–Kier alpha value is -0.900. The van der Waals surface area contributed by atoms with Crippen LogP contribution >= 0.6 is 11.3 Å². The van der Waals surface area contributed by atoms with Crippen molar-refractivity contribution in [2.75, 3.05) is 18.0 Å². The van der Waals surface area contributed by atoms with Gasteiger partial charge in [-0.25, -0.2) is 4.98 Å². The summed E-state index contributed by atoms with van der Waals surface area (Å²) in [5.74, 6) is 1.15. The molecule has 0 saturated heterocycles. The molecule has 98 valence electrons. The molecule has 1 heterocycles. The van der Waals surface area contributed by atoms with Crippen LogP contribution in [0.15, 0.2) is 0 Å². The molecule has 0 aromatic carbocycles. The van der Waals surface area contributed by atoms with Crippen molar-refractivity contribution in [2.45, 2.75) is 45.4 Å². The molecule has 0 spiro atoms. The second-order valence-electron chi connectivity index (χ2n) is 5.38. The fraction of sp³-hybridized carbons (Fsp3) is 0.714. The monoisotopic (exact) mass is 264 g/mol. The Morgan fingerprint density at radius 2 is 2.17 bits per heavy atom. The fourth-order valence-corrected chi connectivity index (χ4v) is 3.87. The van der Waals surface area contributed by atoms with Crippen molar-refractivity contribution in [3.8, 4) is 0 Å². The highest BCUT2D eigenvalue weighted by Crippen LogP contribution is 2.34. The third kappa shape index (κ3) is 2.18. The Morgan fingerprint density at radius 3 is 2.78 bits per heavy atom. The van der Waals surface area contributed by atoms with Crippen molar-refractivity contribution in [3.63, 3.8) is 0 Å². The first-order chi connectivity index (χ1) is 8.78. The number of rotatable bonds is 4. The Morgan fingerprint density at radius 1 is 1.33 bits per heavy atom. The lowest BCUT2D eigenvalue weighted by molar-refractivity contribution is 0.0976. The van der Waals surface area contributed by atoms with E-state index >= 15 is 0 Å². The quantitative estimate of drug-likeness (QED) is 0.836. The number of thiazole rings is 1. The molecular formula is C14H20N2OS. The summed E-state index contributed by atoms with van der Waals surface area (Å²) in [6.45, 7) is 4.30. The summed E-state index contributed by atoms with van der Waals surface area (Å²) in [6, 6.07) is 0. The molecule has 0 unspecified atom stereocenters. The molecule has 2 aliphatic carbocycles. The number of hydrogen-bond acceptors (Lipinski definition) is 4. The predicted octanol–water partition coefficient (Wildman–Crippen LogP) is 3.29. The molecule has 0 aliphatic heterocycles. The van der Waals surface area contributed by atoms with Gasteiger partial charge in [0.25, 0.3) is 0 Å². The first-order valence-electron chi connectivity index (χ1n) is 7.05.